The van der Waals surface area contributed by atoms with Crippen LogP contribution in [0.1, 0.15) is 30.1 Å². The van der Waals surface area contributed by atoms with Gasteiger partial charge in [0.2, 0.25) is 0 Å². The van der Waals surface area contributed by atoms with Gasteiger partial charge in [-0.1, -0.05) is 26.0 Å². The molecule has 0 saturated carbocycles. The van der Waals surface area contributed by atoms with Crippen molar-refractivity contribution >= 4 is 41.3 Å². The Morgan fingerprint density at radius 3 is 2.36 bits per heavy atom. The Morgan fingerprint density at radius 1 is 1.18 bits per heavy atom. The topological polar surface area (TPSA) is 58.5 Å². The van der Waals surface area contributed by atoms with Gasteiger partial charge in [0, 0.05) is 19.0 Å². The summed E-state index contributed by atoms with van der Waals surface area (Å²) in [7, 11) is 1.60. The molecule has 28 heavy (non-hydrogen) atoms. The van der Waals surface area contributed by atoms with Gasteiger partial charge >= 0.3 is 6.18 Å². The van der Waals surface area contributed by atoms with Crippen molar-refractivity contribution in [3.05, 3.63) is 45.9 Å². The number of nitrogens with zero attached hydrogens (tertiary/aromatic N) is 2. The first-order valence-corrected chi connectivity index (χ1v) is 9.33. The lowest BCUT2D eigenvalue weighted by molar-refractivity contribution is -0.140. The molecule has 0 aliphatic rings. The summed E-state index contributed by atoms with van der Waals surface area (Å²) in [6, 6.07) is 7.71. The van der Waals surface area contributed by atoms with Gasteiger partial charge in [-0.2, -0.15) is 13.2 Å². The van der Waals surface area contributed by atoms with E-state index < -0.39 is 11.9 Å². The standard InChI is InChI=1S/C18H23F3N4OS.HI/c1-12(2)10-26-14-6-4-13(5-7-14)8-23-17(22-3)24-9-16-25-15(11-27-16)18(19,20)21;/h4-7,11-12H,8-10H2,1-3H3,(H2,22,23,24);1H. The van der Waals surface area contributed by atoms with Gasteiger partial charge in [0.25, 0.3) is 0 Å². The van der Waals surface area contributed by atoms with Crippen LogP contribution in [-0.4, -0.2) is 24.6 Å². The first-order valence-electron chi connectivity index (χ1n) is 8.45. The summed E-state index contributed by atoms with van der Waals surface area (Å²) in [6.07, 6.45) is -4.42. The SMILES string of the molecule is CN=C(NCc1ccc(OCC(C)C)cc1)NCc1nc(C(F)(F)F)cs1.I. The van der Waals surface area contributed by atoms with Crippen LogP contribution in [-0.2, 0) is 19.3 Å². The Morgan fingerprint density at radius 2 is 1.82 bits per heavy atom. The zero-order valence-electron chi connectivity index (χ0n) is 15.8. The van der Waals surface area contributed by atoms with Crippen LogP contribution in [0, 0.1) is 5.92 Å². The molecule has 0 unspecified atom stereocenters. The van der Waals surface area contributed by atoms with Crippen molar-refractivity contribution < 1.29 is 17.9 Å². The van der Waals surface area contributed by atoms with E-state index in [4.69, 9.17) is 4.74 Å². The molecule has 0 spiro atoms. The number of thiazole rings is 1. The first-order chi connectivity index (χ1) is 12.8. The Bertz CT molecular complexity index is 748. The number of guanidine groups is 1. The van der Waals surface area contributed by atoms with E-state index in [2.05, 4.69) is 34.5 Å². The lowest BCUT2D eigenvalue weighted by Crippen LogP contribution is -2.36. The zero-order valence-corrected chi connectivity index (χ0v) is 19.0. The predicted octanol–water partition coefficient (Wildman–Crippen LogP) is 4.68. The third-order valence-corrected chi connectivity index (χ3v) is 4.29. The van der Waals surface area contributed by atoms with Crippen molar-refractivity contribution in [2.24, 2.45) is 10.9 Å². The summed E-state index contributed by atoms with van der Waals surface area (Å²) in [5, 5.41) is 7.43. The van der Waals surface area contributed by atoms with Gasteiger partial charge in [-0.25, -0.2) is 4.98 Å². The van der Waals surface area contributed by atoms with Gasteiger partial charge in [-0.3, -0.25) is 4.99 Å². The fourth-order valence-corrected chi connectivity index (χ4v) is 2.79. The summed E-state index contributed by atoms with van der Waals surface area (Å²) in [5.74, 6) is 1.77. The molecule has 156 valence electrons. The highest BCUT2D eigenvalue weighted by Crippen LogP contribution is 2.29. The third-order valence-electron chi connectivity index (χ3n) is 3.44. The lowest BCUT2D eigenvalue weighted by atomic mass is 10.2. The van der Waals surface area contributed by atoms with E-state index in [-0.39, 0.29) is 30.5 Å². The molecule has 10 heteroatoms. The van der Waals surface area contributed by atoms with E-state index in [1.165, 1.54) is 0 Å². The number of nitrogens with one attached hydrogen (secondary N) is 2. The van der Waals surface area contributed by atoms with Crippen LogP contribution in [0.25, 0.3) is 0 Å². The summed E-state index contributed by atoms with van der Waals surface area (Å²) in [6.45, 7) is 5.54. The zero-order chi connectivity index (χ0) is 19.9. The molecule has 0 aliphatic carbocycles. The van der Waals surface area contributed by atoms with Crippen LogP contribution in [0.4, 0.5) is 13.2 Å². The Hall–Kier alpha value is -1.56. The van der Waals surface area contributed by atoms with Crippen molar-refractivity contribution in [3.8, 4) is 5.75 Å². The Balaban J connectivity index is 0.00000392. The van der Waals surface area contributed by atoms with Crippen molar-refractivity contribution in [1.82, 2.24) is 15.6 Å². The maximum absolute atomic E-state index is 12.6. The quantitative estimate of drug-likeness (QED) is 0.312. The number of benzene rings is 1. The van der Waals surface area contributed by atoms with Gasteiger partial charge in [0.1, 0.15) is 10.8 Å². The van der Waals surface area contributed by atoms with E-state index in [0.29, 0.717) is 30.0 Å². The van der Waals surface area contributed by atoms with Gasteiger partial charge in [0.05, 0.1) is 13.2 Å². The molecule has 0 aliphatic heterocycles. The highest BCUT2D eigenvalue weighted by atomic mass is 127. The van der Waals surface area contributed by atoms with Crippen LogP contribution >= 0.6 is 35.3 Å². The largest absolute Gasteiger partial charge is 0.493 e. The Kier molecular flexibility index (Phi) is 10.0. The molecule has 0 atom stereocenters. The van der Waals surface area contributed by atoms with Gasteiger partial charge in [-0.15, -0.1) is 35.3 Å². The van der Waals surface area contributed by atoms with Gasteiger partial charge < -0.3 is 15.4 Å². The van der Waals surface area contributed by atoms with E-state index in [0.717, 1.165) is 28.0 Å². The number of alkyl halides is 3. The normalized spacial score (nSPS) is 11.9. The molecule has 2 aromatic rings. The van der Waals surface area contributed by atoms with Crippen LogP contribution < -0.4 is 15.4 Å². The number of rotatable bonds is 7. The number of hydrogen-bond acceptors (Lipinski definition) is 4. The summed E-state index contributed by atoms with van der Waals surface area (Å²) < 4.78 is 43.3. The molecule has 0 fully saturated rings. The smallest absolute Gasteiger partial charge is 0.434 e. The van der Waals surface area contributed by atoms with Crippen molar-refractivity contribution in [2.45, 2.75) is 33.1 Å². The summed E-state index contributed by atoms with van der Waals surface area (Å²) in [4.78, 5) is 7.64. The number of aromatic nitrogens is 1. The van der Waals surface area contributed by atoms with Crippen LogP contribution in [0.5, 0.6) is 5.75 Å². The Labute approximate surface area is 183 Å². The van der Waals surface area contributed by atoms with Crippen molar-refractivity contribution in [2.75, 3.05) is 13.7 Å². The van der Waals surface area contributed by atoms with Crippen LogP contribution in [0.15, 0.2) is 34.6 Å². The summed E-state index contributed by atoms with van der Waals surface area (Å²) in [5.41, 5.74) is 0.162. The summed E-state index contributed by atoms with van der Waals surface area (Å²) >= 11 is 0.961. The molecular weight excluding hydrogens is 504 g/mol. The maximum Gasteiger partial charge on any atom is 0.434 e. The number of ether oxygens (including phenoxy) is 1. The van der Waals surface area contributed by atoms with Gasteiger partial charge in [0.15, 0.2) is 11.7 Å². The average Bonchev–Trinajstić information content (AvgIpc) is 3.10. The molecule has 0 bridgehead atoms. The monoisotopic (exact) mass is 528 g/mol. The third kappa shape index (κ3) is 8.21. The second-order valence-electron chi connectivity index (χ2n) is 6.25. The lowest BCUT2D eigenvalue weighted by Gasteiger charge is -2.12. The average molecular weight is 528 g/mol. The molecule has 1 aromatic carbocycles. The molecule has 2 N–H and O–H groups in total. The molecule has 2 rings (SSSR count). The molecule has 0 saturated heterocycles. The van der Waals surface area contributed by atoms with Crippen molar-refractivity contribution in [1.29, 1.82) is 0 Å². The molecular formula is C18H24F3IN4OS. The number of aliphatic imine (C=N–C) groups is 1. The second kappa shape index (κ2) is 11.4. The molecule has 5 nitrogen and oxygen atoms in total. The fraction of sp³-hybridized carbons (Fsp3) is 0.444. The van der Waals surface area contributed by atoms with E-state index in [9.17, 15) is 13.2 Å². The minimum atomic E-state index is -4.42. The maximum atomic E-state index is 12.6. The number of hydrogen-bond donors (Lipinski definition) is 2. The van der Waals surface area contributed by atoms with E-state index in [1.807, 2.05) is 24.3 Å². The molecule has 0 amide bonds. The minimum Gasteiger partial charge on any atom is -0.493 e. The molecule has 1 heterocycles. The highest BCUT2D eigenvalue weighted by molar-refractivity contribution is 14.0. The predicted molar refractivity (Wildman–Crippen MR) is 116 cm³/mol. The highest BCUT2D eigenvalue weighted by Gasteiger charge is 2.33. The van der Waals surface area contributed by atoms with Gasteiger partial charge in [-0.05, 0) is 23.6 Å². The van der Waals surface area contributed by atoms with E-state index in [1.54, 1.807) is 7.05 Å². The minimum absolute atomic E-state index is 0. The molecule has 0 radical (unpaired) electrons. The number of halogens is 4. The van der Waals surface area contributed by atoms with Crippen LogP contribution in [0.2, 0.25) is 0 Å². The first kappa shape index (κ1) is 24.5. The van der Waals surface area contributed by atoms with Crippen LogP contribution in [0.3, 0.4) is 0 Å². The van der Waals surface area contributed by atoms with E-state index >= 15 is 0 Å². The second-order valence-corrected chi connectivity index (χ2v) is 7.20. The van der Waals surface area contributed by atoms with Crippen molar-refractivity contribution in [3.63, 3.8) is 0 Å². The molecule has 1 aromatic heterocycles. The fourth-order valence-electron chi connectivity index (χ4n) is 2.05.